The highest BCUT2D eigenvalue weighted by atomic mass is 16.4. The summed E-state index contributed by atoms with van der Waals surface area (Å²) < 4.78 is 0. The number of benzene rings is 1. The van der Waals surface area contributed by atoms with Gasteiger partial charge in [0.25, 0.3) is 0 Å². The van der Waals surface area contributed by atoms with Crippen LogP contribution in [0.4, 0.5) is 0 Å². The molecular formula is C14H18O3. The van der Waals surface area contributed by atoms with E-state index in [9.17, 15) is 9.90 Å². The lowest BCUT2D eigenvalue weighted by atomic mass is 10.0. The number of carboxylic acids is 1. The number of carboxylic acid groups (broad SMARTS) is 1. The van der Waals surface area contributed by atoms with Crippen molar-refractivity contribution in [1.29, 1.82) is 0 Å². The Morgan fingerprint density at radius 1 is 1.41 bits per heavy atom. The molecule has 1 aromatic rings. The van der Waals surface area contributed by atoms with Crippen molar-refractivity contribution in [2.75, 3.05) is 0 Å². The molecule has 0 aliphatic heterocycles. The van der Waals surface area contributed by atoms with Gasteiger partial charge >= 0.3 is 5.97 Å². The highest BCUT2D eigenvalue weighted by molar-refractivity contribution is 5.66. The molecular weight excluding hydrogens is 216 g/mol. The first-order chi connectivity index (χ1) is 8.13. The molecule has 0 fully saturated rings. The summed E-state index contributed by atoms with van der Waals surface area (Å²) in [5.74, 6) is -0.759. The van der Waals surface area contributed by atoms with E-state index in [1.807, 2.05) is 37.3 Å². The summed E-state index contributed by atoms with van der Waals surface area (Å²) in [6, 6.07) is 5.92. The van der Waals surface area contributed by atoms with Crippen LogP contribution in [0.15, 0.2) is 24.3 Å². The second-order valence-electron chi connectivity index (χ2n) is 4.05. The molecule has 0 aliphatic carbocycles. The van der Waals surface area contributed by atoms with Gasteiger partial charge in [-0.05, 0) is 30.9 Å². The maximum absolute atomic E-state index is 10.3. The van der Waals surface area contributed by atoms with Gasteiger partial charge in [-0.25, -0.2) is 0 Å². The highest BCUT2D eigenvalue weighted by Gasteiger charge is 1.98. The summed E-state index contributed by atoms with van der Waals surface area (Å²) in [5.41, 5.74) is 3.02. The van der Waals surface area contributed by atoms with Gasteiger partial charge in [0, 0.05) is 6.42 Å². The third-order valence-corrected chi connectivity index (χ3v) is 2.53. The van der Waals surface area contributed by atoms with Crippen LogP contribution >= 0.6 is 0 Å². The monoisotopic (exact) mass is 234 g/mol. The third kappa shape index (κ3) is 4.83. The zero-order chi connectivity index (χ0) is 12.7. The number of carbonyl (C=O) groups is 1. The Balaban J connectivity index is 2.55. The van der Waals surface area contributed by atoms with Crippen LogP contribution in [0.3, 0.4) is 0 Å². The molecule has 3 heteroatoms. The van der Waals surface area contributed by atoms with Gasteiger partial charge in [0.2, 0.25) is 0 Å². The molecule has 0 spiro atoms. The average molecular weight is 234 g/mol. The highest BCUT2D eigenvalue weighted by Crippen LogP contribution is 2.14. The van der Waals surface area contributed by atoms with Crippen molar-refractivity contribution < 1.29 is 15.0 Å². The van der Waals surface area contributed by atoms with Crippen molar-refractivity contribution in [2.24, 2.45) is 0 Å². The number of aliphatic carboxylic acids is 1. The summed E-state index contributed by atoms with van der Waals surface area (Å²) in [4.78, 5) is 10.3. The maximum atomic E-state index is 10.3. The van der Waals surface area contributed by atoms with E-state index in [2.05, 4.69) is 0 Å². The normalized spacial score (nSPS) is 10.9. The summed E-state index contributed by atoms with van der Waals surface area (Å²) in [5, 5.41) is 17.7. The standard InChI is InChI=1S/C14H18O3/c1-11-7-8-12(13(9-11)10-15)5-3-2-4-6-14(16)17/h3,5,7-9,15H,2,4,6,10H2,1H3,(H,16,17). The first-order valence-corrected chi connectivity index (χ1v) is 5.72. The van der Waals surface area contributed by atoms with Crippen LogP contribution in [0, 0.1) is 6.92 Å². The van der Waals surface area contributed by atoms with Gasteiger partial charge in [-0.15, -0.1) is 0 Å². The molecule has 2 N–H and O–H groups in total. The Bertz CT molecular complexity index is 408. The molecule has 1 rings (SSSR count). The van der Waals surface area contributed by atoms with Crippen LogP contribution in [0.2, 0.25) is 0 Å². The second-order valence-corrected chi connectivity index (χ2v) is 4.05. The first kappa shape index (κ1) is 13.5. The molecule has 0 aliphatic rings. The Kier molecular flexibility index (Phi) is 5.43. The molecule has 3 nitrogen and oxygen atoms in total. The van der Waals surface area contributed by atoms with Crippen molar-refractivity contribution in [3.05, 3.63) is 41.0 Å². The molecule has 0 atom stereocenters. The minimum absolute atomic E-state index is 0.0243. The number of hydrogen-bond acceptors (Lipinski definition) is 2. The van der Waals surface area contributed by atoms with Gasteiger partial charge in [-0.3, -0.25) is 4.79 Å². The zero-order valence-electron chi connectivity index (χ0n) is 10.0. The van der Waals surface area contributed by atoms with Crippen LogP contribution in [-0.2, 0) is 11.4 Å². The smallest absolute Gasteiger partial charge is 0.303 e. The maximum Gasteiger partial charge on any atom is 0.303 e. The van der Waals surface area contributed by atoms with Crippen LogP contribution in [-0.4, -0.2) is 16.2 Å². The van der Waals surface area contributed by atoms with E-state index >= 15 is 0 Å². The van der Waals surface area contributed by atoms with Gasteiger partial charge in [0.05, 0.1) is 6.61 Å². The molecule has 0 saturated carbocycles. The molecule has 0 heterocycles. The van der Waals surface area contributed by atoms with E-state index in [0.717, 1.165) is 23.1 Å². The lowest BCUT2D eigenvalue weighted by Crippen LogP contribution is -1.92. The number of unbranched alkanes of at least 4 members (excludes halogenated alkanes) is 1. The molecule has 17 heavy (non-hydrogen) atoms. The molecule has 0 unspecified atom stereocenters. The van der Waals surface area contributed by atoms with E-state index in [1.165, 1.54) is 0 Å². The van der Waals surface area contributed by atoms with E-state index < -0.39 is 5.97 Å². The fraction of sp³-hybridized carbons (Fsp3) is 0.357. The SMILES string of the molecule is Cc1ccc(C=CCCCC(=O)O)c(CO)c1. The van der Waals surface area contributed by atoms with Crippen molar-refractivity contribution in [3.8, 4) is 0 Å². The summed E-state index contributed by atoms with van der Waals surface area (Å²) >= 11 is 0. The van der Waals surface area contributed by atoms with Gasteiger partial charge in [0.15, 0.2) is 0 Å². The molecule has 0 radical (unpaired) electrons. The van der Waals surface area contributed by atoms with E-state index in [4.69, 9.17) is 5.11 Å². The molecule has 0 bridgehead atoms. The lowest BCUT2D eigenvalue weighted by molar-refractivity contribution is -0.137. The topological polar surface area (TPSA) is 57.5 Å². The Labute approximate surface area is 101 Å². The minimum Gasteiger partial charge on any atom is -0.481 e. The number of hydrogen-bond donors (Lipinski definition) is 2. The molecule has 0 saturated heterocycles. The quantitative estimate of drug-likeness (QED) is 0.744. The van der Waals surface area contributed by atoms with Gasteiger partial charge in [-0.1, -0.05) is 35.9 Å². The Hall–Kier alpha value is -1.61. The fourth-order valence-electron chi connectivity index (χ4n) is 1.62. The number of aryl methyl sites for hydroxylation is 1. The summed E-state index contributed by atoms with van der Waals surface area (Å²) in [6.07, 6.45) is 5.47. The van der Waals surface area contributed by atoms with Crippen molar-refractivity contribution in [2.45, 2.75) is 32.8 Å². The van der Waals surface area contributed by atoms with Gasteiger partial charge in [-0.2, -0.15) is 0 Å². The number of allylic oxidation sites excluding steroid dienone is 1. The molecule has 0 amide bonds. The second kappa shape index (κ2) is 6.86. The van der Waals surface area contributed by atoms with E-state index in [0.29, 0.717) is 6.42 Å². The summed E-state index contributed by atoms with van der Waals surface area (Å²) in [7, 11) is 0. The molecule has 92 valence electrons. The van der Waals surface area contributed by atoms with E-state index in [1.54, 1.807) is 0 Å². The third-order valence-electron chi connectivity index (χ3n) is 2.53. The molecule has 1 aromatic carbocycles. The summed E-state index contributed by atoms with van der Waals surface area (Å²) in [6.45, 7) is 2.01. The predicted molar refractivity (Wildman–Crippen MR) is 67.6 cm³/mol. The molecule has 0 aromatic heterocycles. The minimum atomic E-state index is -0.759. The average Bonchev–Trinajstić information content (AvgIpc) is 2.29. The van der Waals surface area contributed by atoms with Crippen molar-refractivity contribution >= 4 is 12.0 Å². The van der Waals surface area contributed by atoms with Crippen LogP contribution in [0.5, 0.6) is 0 Å². The van der Waals surface area contributed by atoms with Crippen LogP contribution in [0.1, 0.15) is 36.0 Å². The van der Waals surface area contributed by atoms with Crippen LogP contribution < -0.4 is 0 Å². The first-order valence-electron chi connectivity index (χ1n) is 5.72. The Morgan fingerprint density at radius 3 is 2.82 bits per heavy atom. The van der Waals surface area contributed by atoms with Crippen molar-refractivity contribution in [3.63, 3.8) is 0 Å². The van der Waals surface area contributed by atoms with Crippen molar-refractivity contribution in [1.82, 2.24) is 0 Å². The predicted octanol–water partition coefficient (Wildman–Crippen LogP) is 2.76. The van der Waals surface area contributed by atoms with Gasteiger partial charge in [0.1, 0.15) is 0 Å². The van der Waals surface area contributed by atoms with Gasteiger partial charge < -0.3 is 10.2 Å². The lowest BCUT2D eigenvalue weighted by Gasteiger charge is -2.03. The fourth-order valence-corrected chi connectivity index (χ4v) is 1.62. The van der Waals surface area contributed by atoms with Crippen LogP contribution in [0.25, 0.3) is 6.08 Å². The number of aliphatic hydroxyl groups is 1. The Morgan fingerprint density at radius 2 is 2.18 bits per heavy atom. The number of rotatable bonds is 6. The zero-order valence-corrected chi connectivity index (χ0v) is 10.0. The number of aliphatic hydroxyl groups excluding tert-OH is 1. The van der Waals surface area contributed by atoms with E-state index in [-0.39, 0.29) is 13.0 Å². The largest absolute Gasteiger partial charge is 0.481 e.